The smallest absolute Gasteiger partial charge is 0.145 e. The van der Waals surface area contributed by atoms with Crippen molar-refractivity contribution in [1.82, 2.24) is 0 Å². The minimum absolute atomic E-state index is 0.886. The van der Waals surface area contributed by atoms with Crippen LogP contribution in [0.1, 0.15) is 0 Å². The van der Waals surface area contributed by atoms with Gasteiger partial charge in [0.05, 0.1) is 5.69 Å². The van der Waals surface area contributed by atoms with E-state index in [1.807, 2.05) is 0 Å². The van der Waals surface area contributed by atoms with E-state index in [0.717, 1.165) is 50.1 Å². The molecular weight excluding hydrogens is 583 g/mol. The van der Waals surface area contributed by atoms with Crippen LogP contribution in [0.3, 0.4) is 0 Å². The Hall–Kier alpha value is -6.38. The Morgan fingerprint density at radius 1 is 0.354 bits per heavy atom. The number of nitrogens with zero attached hydrogens (tertiary/aromatic N) is 1. The van der Waals surface area contributed by atoms with E-state index >= 15 is 0 Å². The molecule has 9 rings (SSSR count). The lowest BCUT2D eigenvalue weighted by molar-refractivity contribution is 0.670. The summed E-state index contributed by atoms with van der Waals surface area (Å²) in [6.07, 6.45) is 0. The van der Waals surface area contributed by atoms with Crippen LogP contribution in [-0.2, 0) is 0 Å². The summed E-state index contributed by atoms with van der Waals surface area (Å²) in [4.78, 5) is 2.36. The van der Waals surface area contributed by atoms with Crippen molar-refractivity contribution in [1.29, 1.82) is 0 Å². The number of fused-ring (bicyclic) bond motifs is 5. The second-order valence-corrected chi connectivity index (χ2v) is 12.1. The summed E-state index contributed by atoms with van der Waals surface area (Å²) in [5.74, 6) is 0. The second-order valence-electron chi connectivity index (χ2n) is 12.1. The van der Waals surface area contributed by atoms with Gasteiger partial charge >= 0.3 is 0 Å². The Labute approximate surface area is 279 Å². The highest BCUT2D eigenvalue weighted by Gasteiger charge is 2.23. The number of anilines is 3. The van der Waals surface area contributed by atoms with Crippen molar-refractivity contribution in [3.63, 3.8) is 0 Å². The Kier molecular flexibility index (Phi) is 6.84. The lowest BCUT2D eigenvalue weighted by Gasteiger charge is -2.28. The van der Waals surface area contributed by atoms with Gasteiger partial charge in [0.1, 0.15) is 11.2 Å². The van der Waals surface area contributed by atoms with E-state index in [1.165, 1.54) is 33.0 Å². The van der Waals surface area contributed by atoms with E-state index in [1.54, 1.807) is 0 Å². The molecule has 0 radical (unpaired) electrons. The molecule has 0 atom stereocenters. The molecule has 48 heavy (non-hydrogen) atoms. The van der Waals surface area contributed by atoms with Gasteiger partial charge in [-0.25, -0.2) is 0 Å². The minimum Gasteiger partial charge on any atom is -0.455 e. The average Bonchev–Trinajstić information content (AvgIpc) is 3.56. The molecule has 1 heterocycles. The zero-order valence-corrected chi connectivity index (χ0v) is 26.3. The molecule has 0 fully saturated rings. The van der Waals surface area contributed by atoms with Gasteiger partial charge in [0, 0.05) is 27.7 Å². The normalized spacial score (nSPS) is 11.3. The van der Waals surface area contributed by atoms with Crippen molar-refractivity contribution in [2.45, 2.75) is 0 Å². The Balaban J connectivity index is 1.29. The van der Waals surface area contributed by atoms with Gasteiger partial charge in [-0.1, -0.05) is 146 Å². The predicted octanol–water partition coefficient (Wildman–Crippen LogP) is 13.2. The van der Waals surface area contributed by atoms with Crippen molar-refractivity contribution in [3.05, 3.63) is 188 Å². The van der Waals surface area contributed by atoms with Crippen molar-refractivity contribution in [3.8, 4) is 33.4 Å². The van der Waals surface area contributed by atoms with Gasteiger partial charge in [-0.05, 0) is 81.1 Å². The molecule has 0 spiro atoms. The lowest BCUT2D eigenvalue weighted by atomic mass is 9.97. The Bertz CT molecular complexity index is 2430. The molecule has 0 N–H and O–H groups in total. The van der Waals surface area contributed by atoms with Crippen molar-refractivity contribution in [2.75, 3.05) is 4.90 Å². The van der Waals surface area contributed by atoms with Gasteiger partial charge in [0.2, 0.25) is 0 Å². The maximum absolute atomic E-state index is 6.84. The molecule has 0 saturated heterocycles. The molecule has 2 heteroatoms. The zero-order chi connectivity index (χ0) is 31.9. The van der Waals surface area contributed by atoms with Crippen molar-refractivity contribution < 1.29 is 4.42 Å². The van der Waals surface area contributed by atoms with Crippen LogP contribution in [0.2, 0.25) is 0 Å². The predicted molar refractivity (Wildman–Crippen MR) is 202 cm³/mol. The molecule has 226 valence electrons. The first-order chi connectivity index (χ1) is 23.8. The zero-order valence-electron chi connectivity index (χ0n) is 26.3. The highest BCUT2D eigenvalue weighted by atomic mass is 16.3. The fraction of sp³-hybridized carbons (Fsp3) is 0. The van der Waals surface area contributed by atoms with E-state index in [4.69, 9.17) is 4.42 Å². The molecule has 8 aromatic carbocycles. The van der Waals surface area contributed by atoms with Crippen LogP contribution in [0.15, 0.2) is 192 Å². The largest absolute Gasteiger partial charge is 0.455 e. The van der Waals surface area contributed by atoms with E-state index in [0.29, 0.717) is 0 Å². The first-order valence-electron chi connectivity index (χ1n) is 16.4. The van der Waals surface area contributed by atoms with Gasteiger partial charge in [-0.2, -0.15) is 0 Å². The summed E-state index contributed by atoms with van der Waals surface area (Å²) in [6, 6.07) is 66.7. The number of benzene rings is 8. The monoisotopic (exact) mass is 613 g/mol. The summed E-state index contributed by atoms with van der Waals surface area (Å²) in [6.45, 7) is 0. The third-order valence-corrected chi connectivity index (χ3v) is 9.28. The number of furan rings is 1. The molecule has 0 bridgehead atoms. The van der Waals surface area contributed by atoms with Crippen molar-refractivity contribution >= 4 is 49.8 Å². The van der Waals surface area contributed by atoms with Crippen molar-refractivity contribution in [2.24, 2.45) is 0 Å². The molecule has 0 saturated carbocycles. The molecule has 0 aliphatic carbocycles. The van der Waals surface area contributed by atoms with Crippen LogP contribution < -0.4 is 4.90 Å². The maximum Gasteiger partial charge on any atom is 0.145 e. The summed E-state index contributed by atoms with van der Waals surface area (Å²) < 4.78 is 6.84. The van der Waals surface area contributed by atoms with Crippen LogP contribution in [0.5, 0.6) is 0 Å². The Morgan fingerprint density at radius 3 is 1.44 bits per heavy atom. The third kappa shape index (κ3) is 4.83. The van der Waals surface area contributed by atoms with Gasteiger partial charge in [-0.15, -0.1) is 0 Å². The molecule has 0 amide bonds. The quantitative estimate of drug-likeness (QED) is 0.185. The van der Waals surface area contributed by atoms with Gasteiger partial charge in [0.15, 0.2) is 0 Å². The summed E-state index contributed by atoms with van der Waals surface area (Å²) in [7, 11) is 0. The first-order valence-corrected chi connectivity index (χ1v) is 16.4. The van der Waals surface area contributed by atoms with Gasteiger partial charge < -0.3 is 9.32 Å². The van der Waals surface area contributed by atoms with Crippen LogP contribution in [-0.4, -0.2) is 0 Å². The third-order valence-electron chi connectivity index (χ3n) is 9.28. The minimum atomic E-state index is 0.886. The summed E-state index contributed by atoms with van der Waals surface area (Å²) in [5.41, 5.74) is 11.9. The van der Waals surface area contributed by atoms with Crippen LogP contribution in [0.4, 0.5) is 17.1 Å². The average molecular weight is 614 g/mol. The van der Waals surface area contributed by atoms with E-state index in [2.05, 4.69) is 193 Å². The summed E-state index contributed by atoms with van der Waals surface area (Å²) in [5, 5.41) is 4.67. The fourth-order valence-corrected chi connectivity index (χ4v) is 6.96. The van der Waals surface area contributed by atoms with Gasteiger partial charge in [-0.3, -0.25) is 0 Å². The van der Waals surface area contributed by atoms with E-state index < -0.39 is 0 Å². The molecule has 0 unspecified atom stereocenters. The standard InChI is InChI=1S/C46H31NO/c1-4-12-32(13-5-1)34-20-25-38(26-21-34)47(39-27-22-35(23-28-39)33-14-6-2-7-15-33)42-30-29-41-45-40-19-11-10-16-36(40)24-31-43(45)48-46(41)44(42)37-17-8-3-9-18-37/h1-31H. The number of hydrogen-bond acceptors (Lipinski definition) is 2. The SMILES string of the molecule is c1ccc(-c2ccc(N(c3ccc(-c4ccccc4)cc3)c3ccc4c(oc5ccc6ccccc6c54)c3-c3ccccc3)cc2)cc1. The first kappa shape index (κ1) is 27.9. The lowest BCUT2D eigenvalue weighted by Crippen LogP contribution is -2.11. The van der Waals surface area contributed by atoms with Crippen LogP contribution in [0, 0.1) is 0 Å². The number of hydrogen-bond donors (Lipinski definition) is 0. The number of rotatable bonds is 6. The summed E-state index contributed by atoms with van der Waals surface area (Å²) >= 11 is 0. The topological polar surface area (TPSA) is 16.4 Å². The van der Waals surface area contributed by atoms with Gasteiger partial charge in [0.25, 0.3) is 0 Å². The highest BCUT2D eigenvalue weighted by Crippen LogP contribution is 2.47. The van der Waals surface area contributed by atoms with E-state index in [-0.39, 0.29) is 0 Å². The Morgan fingerprint density at radius 2 is 0.854 bits per heavy atom. The molecule has 9 aromatic rings. The molecule has 1 aromatic heterocycles. The molecule has 0 aliphatic rings. The molecule has 0 aliphatic heterocycles. The fourth-order valence-electron chi connectivity index (χ4n) is 6.96. The van der Waals surface area contributed by atoms with Crippen LogP contribution >= 0.6 is 0 Å². The van der Waals surface area contributed by atoms with E-state index in [9.17, 15) is 0 Å². The maximum atomic E-state index is 6.84. The van der Waals surface area contributed by atoms with Crippen LogP contribution in [0.25, 0.3) is 66.1 Å². The highest BCUT2D eigenvalue weighted by molar-refractivity contribution is 6.22. The molecular formula is C46H31NO. The second kappa shape index (κ2) is 11.8. The molecule has 2 nitrogen and oxygen atoms in total.